The van der Waals surface area contributed by atoms with Gasteiger partial charge in [0.15, 0.2) is 0 Å². The van der Waals surface area contributed by atoms with E-state index in [0.29, 0.717) is 9.39 Å². The van der Waals surface area contributed by atoms with Crippen molar-refractivity contribution in [3.63, 3.8) is 0 Å². The molecule has 15 heavy (non-hydrogen) atoms. The van der Waals surface area contributed by atoms with Gasteiger partial charge in [-0.2, -0.15) is 0 Å². The highest BCUT2D eigenvalue weighted by molar-refractivity contribution is 14.1. The van der Waals surface area contributed by atoms with Gasteiger partial charge < -0.3 is 0 Å². The lowest BCUT2D eigenvalue weighted by atomic mass is 10.2. The summed E-state index contributed by atoms with van der Waals surface area (Å²) in [6.45, 7) is 0.252. The Morgan fingerprint density at radius 1 is 1.33 bits per heavy atom. The SMILES string of the molecule is Fc1ccc(Cn2cnc(I)n2)c(F)c1. The van der Waals surface area contributed by atoms with Gasteiger partial charge in [-0.1, -0.05) is 6.07 Å². The molecule has 78 valence electrons. The summed E-state index contributed by atoms with van der Waals surface area (Å²) in [5.74, 6) is -1.15. The first-order valence-corrected chi connectivity index (χ1v) is 5.22. The monoisotopic (exact) mass is 321 g/mol. The van der Waals surface area contributed by atoms with E-state index in [9.17, 15) is 8.78 Å². The molecule has 0 saturated heterocycles. The molecule has 0 fully saturated rings. The maximum absolute atomic E-state index is 13.2. The lowest BCUT2D eigenvalue weighted by Gasteiger charge is -2.02. The standard InChI is InChI=1S/C9H6F2IN3/c10-7-2-1-6(8(11)3-7)4-15-5-13-9(12)14-15/h1-3,5H,4H2. The molecule has 2 aromatic rings. The van der Waals surface area contributed by atoms with Crippen LogP contribution in [-0.2, 0) is 6.54 Å². The fourth-order valence-electron chi connectivity index (χ4n) is 1.17. The molecule has 1 heterocycles. The van der Waals surface area contributed by atoms with Crippen molar-refractivity contribution >= 4 is 22.6 Å². The van der Waals surface area contributed by atoms with Crippen LogP contribution in [0.4, 0.5) is 8.78 Å². The number of hydrogen-bond donors (Lipinski definition) is 0. The maximum Gasteiger partial charge on any atom is 0.211 e. The number of benzene rings is 1. The van der Waals surface area contributed by atoms with Crippen LogP contribution in [0.15, 0.2) is 24.5 Å². The second-order valence-corrected chi connectivity index (χ2v) is 3.91. The molecule has 0 bridgehead atoms. The van der Waals surface area contributed by atoms with Crippen molar-refractivity contribution in [2.24, 2.45) is 0 Å². The van der Waals surface area contributed by atoms with Crippen LogP contribution in [0.1, 0.15) is 5.56 Å². The van der Waals surface area contributed by atoms with E-state index in [4.69, 9.17) is 0 Å². The zero-order valence-electron chi connectivity index (χ0n) is 7.49. The van der Waals surface area contributed by atoms with Gasteiger partial charge in [0.2, 0.25) is 3.83 Å². The normalized spacial score (nSPS) is 10.6. The van der Waals surface area contributed by atoms with E-state index in [-0.39, 0.29) is 6.54 Å². The maximum atomic E-state index is 13.2. The first-order chi connectivity index (χ1) is 7.15. The van der Waals surface area contributed by atoms with Crippen LogP contribution in [0.25, 0.3) is 0 Å². The summed E-state index contributed by atoms with van der Waals surface area (Å²) in [6.07, 6.45) is 1.50. The summed E-state index contributed by atoms with van der Waals surface area (Å²) in [4.78, 5) is 3.90. The fourth-order valence-corrected chi connectivity index (χ4v) is 1.57. The second kappa shape index (κ2) is 4.21. The highest BCUT2D eigenvalue weighted by Crippen LogP contribution is 2.10. The van der Waals surface area contributed by atoms with E-state index in [1.807, 2.05) is 22.6 Å². The molecular formula is C9H6F2IN3. The first kappa shape index (κ1) is 10.5. The predicted octanol–water partition coefficient (Wildman–Crippen LogP) is 2.21. The second-order valence-electron chi connectivity index (χ2n) is 2.95. The largest absolute Gasteiger partial charge is 0.247 e. The molecule has 0 amide bonds. The van der Waals surface area contributed by atoms with Crippen molar-refractivity contribution in [2.45, 2.75) is 6.54 Å². The molecule has 0 aliphatic rings. The smallest absolute Gasteiger partial charge is 0.211 e. The lowest BCUT2D eigenvalue weighted by molar-refractivity contribution is 0.557. The zero-order valence-corrected chi connectivity index (χ0v) is 9.65. The third kappa shape index (κ3) is 2.49. The molecule has 3 nitrogen and oxygen atoms in total. The van der Waals surface area contributed by atoms with E-state index >= 15 is 0 Å². The topological polar surface area (TPSA) is 30.7 Å². The lowest BCUT2D eigenvalue weighted by Crippen LogP contribution is -2.03. The number of hydrogen-bond acceptors (Lipinski definition) is 2. The first-order valence-electron chi connectivity index (χ1n) is 4.14. The number of aromatic nitrogens is 3. The van der Waals surface area contributed by atoms with Crippen molar-refractivity contribution in [3.05, 3.63) is 45.6 Å². The summed E-state index contributed by atoms with van der Waals surface area (Å²) in [5, 5.41) is 4.00. The summed E-state index contributed by atoms with van der Waals surface area (Å²) >= 11 is 1.96. The number of halogens is 3. The summed E-state index contributed by atoms with van der Waals surface area (Å²) in [7, 11) is 0. The molecule has 0 aliphatic carbocycles. The average Bonchev–Trinajstić information content (AvgIpc) is 2.56. The third-order valence-electron chi connectivity index (χ3n) is 1.86. The Balaban J connectivity index is 2.24. The zero-order chi connectivity index (χ0) is 10.8. The number of nitrogens with zero attached hydrogens (tertiary/aromatic N) is 3. The van der Waals surface area contributed by atoms with Crippen LogP contribution in [-0.4, -0.2) is 14.8 Å². The van der Waals surface area contributed by atoms with Crippen LogP contribution in [0.2, 0.25) is 0 Å². The molecule has 0 spiro atoms. The summed E-state index contributed by atoms with van der Waals surface area (Å²) in [6, 6.07) is 3.48. The Bertz CT molecular complexity index is 484. The Morgan fingerprint density at radius 3 is 2.73 bits per heavy atom. The summed E-state index contributed by atoms with van der Waals surface area (Å²) < 4.78 is 27.9. The molecular weight excluding hydrogens is 315 g/mol. The molecule has 2 rings (SSSR count). The van der Waals surface area contributed by atoms with Crippen LogP contribution < -0.4 is 0 Å². The Morgan fingerprint density at radius 2 is 2.13 bits per heavy atom. The Kier molecular flexibility index (Phi) is 2.94. The van der Waals surface area contributed by atoms with Gasteiger partial charge in [0.25, 0.3) is 0 Å². The van der Waals surface area contributed by atoms with Gasteiger partial charge in [-0.3, -0.25) is 0 Å². The molecule has 0 atom stereocenters. The van der Waals surface area contributed by atoms with Gasteiger partial charge in [-0.15, -0.1) is 5.10 Å². The quantitative estimate of drug-likeness (QED) is 0.794. The van der Waals surface area contributed by atoms with Gasteiger partial charge in [-0.05, 0) is 6.07 Å². The minimum absolute atomic E-state index is 0.252. The van der Waals surface area contributed by atoms with Gasteiger partial charge in [-0.25, -0.2) is 18.4 Å². The van der Waals surface area contributed by atoms with Crippen molar-refractivity contribution < 1.29 is 8.78 Å². The van der Waals surface area contributed by atoms with E-state index < -0.39 is 11.6 Å². The van der Waals surface area contributed by atoms with Crippen molar-refractivity contribution in [3.8, 4) is 0 Å². The van der Waals surface area contributed by atoms with Crippen molar-refractivity contribution in [1.29, 1.82) is 0 Å². The molecule has 1 aromatic carbocycles. The van der Waals surface area contributed by atoms with Gasteiger partial charge in [0.1, 0.15) is 18.0 Å². The van der Waals surface area contributed by atoms with Gasteiger partial charge in [0, 0.05) is 34.2 Å². The molecule has 1 aromatic heterocycles. The van der Waals surface area contributed by atoms with Gasteiger partial charge in [0.05, 0.1) is 6.54 Å². The van der Waals surface area contributed by atoms with Crippen LogP contribution in [0, 0.1) is 15.5 Å². The van der Waals surface area contributed by atoms with Crippen LogP contribution in [0.3, 0.4) is 0 Å². The van der Waals surface area contributed by atoms with E-state index in [1.54, 1.807) is 0 Å². The van der Waals surface area contributed by atoms with E-state index in [0.717, 1.165) is 6.07 Å². The van der Waals surface area contributed by atoms with E-state index in [2.05, 4.69) is 10.1 Å². The van der Waals surface area contributed by atoms with Crippen LogP contribution >= 0.6 is 22.6 Å². The van der Waals surface area contributed by atoms with E-state index in [1.165, 1.54) is 23.1 Å². The molecule has 6 heteroatoms. The minimum Gasteiger partial charge on any atom is -0.247 e. The molecule has 0 radical (unpaired) electrons. The summed E-state index contributed by atoms with van der Waals surface area (Å²) in [5.41, 5.74) is 0.387. The van der Waals surface area contributed by atoms with Gasteiger partial charge >= 0.3 is 0 Å². The molecule has 0 N–H and O–H groups in total. The Hall–Kier alpha value is -1.05. The van der Waals surface area contributed by atoms with Crippen molar-refractivity contribution in [1.82, 2.24) is 14.8 Å². The molecule has 0 saturated carbocycles. The fraction of sp³-hybridized carbons (Fsp3) is 0.111. The van der Waals surface area contributed by atoms with Crippen LogP contribution in [0.5, 0.6) is 0 Å². The predicted molar refractivity (Wildman–Crippen MR) is 58.2 cm³/mol. The molecule has 0 aliphatic heterocycles. The van der Waals surface area contributed by atoms with Crippen molar-refractivity contribution in [2.75, 3.05) is 0 Å². The molecule has 0 unspecified atom stereocenters. The highest BCUT2D eigenvalue weighted by atomic mass is 127. The Labute approximate surface area is 98.3 Å². The average molecular weight is 321 g/mol. The number of rotatable bonds is 2. The minimum atomic E-state index is -0.579. The third-order valence-corrected chi connectivity index (χ3v) is 2.35. The highest BCUT2D eigenvalue weighted by Gasteiger charge is 2.05.